The molecule has 2 fully saturated rings. The minimum Gasteiger partial charge on any atom is -0.378 e. The maximum absolute atomic E-state index is 13.6. The number of rotatable bonds is 5. The Morgan fingerprint density at radius 2 is 1.78 bits per heavy atom. The normalized spacial score (nSPS) is 23.6. The van der Waals surface area contributed by atoms with Gasteiger partial charge in [-0.2, -0.15) is 4.31 Å². The fourth-order valence-electron chi connectivity index (χ4n) is 4.55. The fourth-order valence-corrected chi connectivity index (χ4v) is 6.14. The SMILES string of the molecule is CC(N)c1cccc(S(=O)(=O)N2CC(C(=O)N3CCOCC3)CC(c3ccccc3)C2)c1. The Balaban J connectivity index is 1.65. The van der Waals surface area contributed by atoms with Gasteiger partial charge in [0.1, 0.15) is 0 Å². The largest absolute Gasteiger partial charge is 0.378 e. The standard InChI is InChI=1S/C24H31N3O4S/c1-18(25)20-8-5-9-23(15-20)32(29,30)27-16-21(19-6-3-2-4-7-19)14-22(17-27)24(28)26-10-12-31-13-11-26/h2-9,15,18,21-22H,10-14,16-17,25H2,1H3. The van der Waals surface area contributed by atoms with Crippen molar-refractivity contribution in [3.63, 3.8) is 0 Å². The molecular weight excluding hydrogens is 426 g/mol. The lowest BCUT2D eigenvalue weighted by Crippen LogP contribution is -2.51. The Hall–Kier alpha value is -2.26. The molecule has 2 heterocycles. The lowest BCUT2D eigenvalue weighted by atomic mass is 9.85. The summed E-state index contributed by atoms with van der Waals surface area (Å²) < 4.78 is 34.1. The van der Waals surface area contributed by atoms with Crippen molar-refractivity contribution in [1.82, 2.24) is 9.21 Å². The van der Waals surface area contributed by atoms with E-state index in [4.69, 9.17) is 10.5 Å². The van der Waals surface area contributed by atoms with E-state index in [-0.39, 0.29) is 29.3 Å². The third kappa shape index (κ3) is 4.88. The molecule has 1 amide bonds. The smallest absolute Gasteiger partial charge is 0.243 e. The van der Waals surface area contributed by atoms with Gasteiger partial charge in [-0.25, -0.2) is 8.42 Å². The van der Waals surface area contributed by atoms with Crippen LogP contribution >= 0.6 is 0 Å². The molecule has 2 aromatic rings. The number of hydrogen-bond acceptors (Lipinski definition) is 5. The summed E-state index contributed by atoms with van der Waals surface area (Å²) in [6.07, 6.45) is 0.631. The van der Waals surface area contributed by atoms with Crippen LogP contribution in [0.3, 0.4) is 0 Å². The van der Waals surface area contributed by atoms with Crippen LogP contribution in [0.1, 0.15) is 36.4 Å². The zero-order valence-corrected chi connectivity index (χ0v) is 19.2. The maximum atomic E-state index is 13.6. The van der Waals surface area contributed by atoms with Crippen molar-refractivity contribution in [2.45, 2.75) is 30.2 Å². The van der Waals surface area contributed by atoms with E-state index in [0.717, 1.165) is 11.1 Å². The topological polar surface area (TPSA) is 92.9 Å². The second-order valence-electron chi connectivity index (χ2n) is 8.66. The molecule has 2 aromatic carbocycles. The Morgan fingerprint density at radius 3 is 2.47 bits per heavy atom. The van der Waals surface area contributed by atoms with Crippen LogP contribution in [0.5, 0.6) is 0 Å². The van der Waals surface area contributed by atoms with Gasteiger partial charge in [0, 0.05) is 32.2 Å². The highest BCUT2D eigenvalue weighted by molar-refractivity contribution is 7.89. The van der Waals surface area contributed by atoms with Crippen LogP contribution in [-0.2, 0) is 19.6 Å². The van der Waals surface area contributed by atoms with Crippen LogP contribution in [0.4, 0.5) is 0 Å². The highest BCUT2D eigenvalue weighted by atomic mass is 32.2. The molecule has 32 heavy (non-hydrogen) atoms. The minimum atomic E-state index is -3.77. The summed E-state index contributed by atoms with van der Waals surface area (Å²) in [4.78, 5) is 15.3. The van der Waals surface area contributed by atoms with Crippen molar-refractivity contribution >= 4 is 15.9 Å². The number of nitrogens with two attached hydrogens (primary N) is 1. The number of morpholine rings is 1. The molecule has 0 aromatic heterocycles. The summed E-state index contributed by atoms with van der Waals surface area (Å²) in [5, 5.41) is 0. The zero-order chi connectivity index (χ0) is 22.7. The van der Waals surface area contributed by atoms with Crippen LogP contribution in [0.15, 0.2) is 59.5 Å². The molecule has 4 rings (SSSR count). The van der Waals surface area contributed by atoms with E-state index in [9.17, 15) is 13.2 Å². The average molecular weight is 458 g/mol. The molecule has 0 saturated carbocycles. The molecule has 0 spiro atoms. The predicted octanol–water partition coefficient (Wildman–Crippen LogP) is 2.36. The van der Waals surface area contributed by atoms with Gasteiger partial charge < -0.3 is 15.4 Å². The number of carbonyl (C=O) groups is 1. The van der Waals surface area contributed by atoms with Crippen molar-refractivity contribution in [1.29, 1.82) is 0 Å². The van der Waals surface area contributed by atoms with E-state index in [0.29, 0.717) is 39.3 Å². The quantitative estimate of drug-likeness (QED) is 0.744. The molecule has 0 bridgehead atoms. The summed E-state index contributed by atoms with van der Waals surface area (Å²) >= 11 is 0. The molecule has 2 aliphatic heterocycles. The molecule has 2 aliphatic rings. The third-order valence-electron chi connectivity index (χ3n) is 6.38. The Bertz CT molecular complexity index is 1040. The zero-order valence-electron chi connectivity index (χ0n) is 18.4. The van der Waals surface area contributed by atoms with Crippen LogP contribution in [-0.4, -0.2) is 62.9 Å². The van der Waals surface area contributed by atoms with E-state index in [1.54, 1.807) is 18.2 Å². The van der Waals surface area contributed by atoms with E-state index in [1.807, 2.05) is 48.2 Å². The summed E-state index contributed by atoms with van der Waals surface area (Å²) in [6, 6.07) is 16.4. The number of ether oxygens (including phenoxy) is 1. The van der Waals surface area contributed by atoms with Gasteiger partial charge in [0.15, 0.2) is 0 Å². The highest BCUT2D eigenvalue weighted by Gasteiger charge is 2.39. The van der Waals surface area contributed by atoms with Crippen LogP contribution < -0.4 is 5.73 Å². The number of hydrogen-bond donors (Lipinski definition) is 1. The summed E-state index contributed by atoms with van der Waals surface area (Å²) in [6.45, 7) is 4.50. The summed E-state index contributed by atoms with van der Waals surface area (Å²) in [5.74, 6) is -0.428. The first-order valence-corrected chi connectivity index (χ1v) is 12.6. The first-order valence-electron chi connectivity index (χ1n) is 11.1. The summed E-state index contributed by atoms with van der Waals surface area (Å²) in [7, 11) is -3.77. The monoisotopic (exact) mass is 457 g/mol. The molecule has 172 valence electrons. The van der Waals surface area contributed by atoms with Gasteiger partial charge in [-0.3, -0.25) is 4.79 Å². The molecule has 7 nitrogen and oxygen atoms in total. The molecule has 2 N–H and O–H groups in total. The number of carbonyl (C=O) groups excluding carboxylic acids is 1. The van der Waals surface area contributed by atoms with E-state index < -0.39 is 15.9 Å². The van der Waals surface area contributed by atoms with Crippen LogP contribution in [0.25, 0.3) is 0 Å². The van der Waals surface area contributed by atoms with E-state index in [2.05, 4.69) is 0 Å². The molecule has 3 unspecified atom stereocenters. The minimum absolute atomic E-state index is 0.0125. The first kappa shape index (κ1) is 22.9. The molecule has 3 atom stereocenters. The molecule has 0 radical (unpaired) electrons. The number of nitrogens with zero attached hydrogens (tertiary/aromatic N) is 2. The summed E-state index contributed by atoms with van der Waals surface area (Å²) in [5.41, 5.74) is 7.80. The Kier molecular flexibility index (Phi) is 6.95. The number of piperidine rings is 1. The van der Waals surface area contributed by atoms with Gasteiger partial charge in [-0.15, -0.1) is 0 Å². The number of sulfonamides is 1. The highest BCUT2D eigenvalue weighted by Crippen LogP contribution is 2.34. The van der Waals surface area contributed by atoms with Gasteiger partial charge in [0.2, 0.25) is 15.9 Å². The lowest BCUT2D eigenvalue weighted by molar-refractivity contribution is -0.141. The van der Waals surface area contributed by atoms with Crippen molar-refractivity contribution in [3.05, 3.63) is 65.7 Å². The lowest BCUT2D eigenvalue weighted by Gasteiger charge is -2.39. The van der Waals surface area contributed by atoms with Crippen molar-refractivity contribution in [2.24, 2.45) is 11.7 Å². The van der Waals surface area contributed by atoms with Gasteiger partial charge >= 0.3 is 0 Å². The molecular formula is C24H31N3O4S. The van der Waals surface area contributed by atoms with Crippen LogP contribution in [0, 0.1) is 5.92 Å². The van der Waals surface area contributed by atoms with E-state index in [1.165, 1.54) is 4.31 Å². The van der Waals surface area contributed by atoms with Crippen molar-refractivity contribution < 1.29 is 17.9 Å². The van der Waals surface area contributed by atoms with Gasteiger partial charge in [0.25, 0.3) is 0 Å². The maximum Gasteiger partial charge on any atom is 0.243 e. The number of benzene rings is 2. The molecule has 8 heteroatoms. The molecule has 0 aliphatic carbocycles. The fraction of sp³-hybridized carbons (Fsp3) is 0.458. The first-order chi connectivity index (χ1) is 15.4. The molecule has 2 saturated heterocycles. The number of amides is 1. The van der Waals surface area contributed by atoms with Crippen molar-refractivity contribution in [3.8, 4) is 0 Å². The second-order valence-corrected chi connectivity index (χ2v) is 10.6. The van der Waals surface area contributed by atoms with Gasteiger partial charge in [-0.1, -0.05) is 42.5 Å². The van der Waals surface area contributed by atoms with Gasteiger partial charge in [0.05, 0.1) is 24.0 Å². The predicted molar refractivity (Wildman–Crippen MR) is 122 cm³/mol. The van der Waals surface area contributed by atoms with Crippen LogP contribution in [0.2, 0.25) is 0 Å². The Morgan fingerprint density at radius 1 is 1.06 bits per heavy atom. The second kappa shape index (κ2) is 9.70. The average Bonchev–Trinajstić information content (AvgIpc) is 2.84. The van der Waals surface area contributed by atoms with Gasteiger partial charge in [-0.05, 0) is 42.5 Å². The third-order valence-corrected chi connectivity index (χ3v) is 8.21. The Labute approximate surface area is 190 Å². The van der Waals surface area contributed by atoms with E-state index >= 15 is 0 Å². The van der Waals surface area contributed by atoms with Crippen molar-refractivity contribution in [2.75, 3.05) is 39.4 Å².